The van der Waals surface area contributed by atoms with Gasteiger partial charge in [0.1, 0.15) is 0 Å². The second-order valence-corrected chi connectivity index (χ2v) is 6.21. The van der Waals surface area contributed by atoms with Crippen molar-refractivity contribution in [3.63, 3.8) is 0 Å². The molecule has 0 fully saturated rings. The van der Waals surface area contributed by atoms with Gasteiger partial charge in [-0.3, -0.25) is 9.59 Å². The summed E-state index contributed by atoms with van der Waals surface area (Å²) in [5.41, 5.74) is -0.208. The van der Waals surface area contributed by atoms with E-state index in [0.29, 0.717) is 6.42 Å². The van der Waals surface area contributed by atoms with Gasteiger partial charge in [0.05, 0.1) is 16.3 Å². The molecule has 1 N–H and O–H groups in total. The summed E-state index contributed by atoms with van der Waals surface area (Å²) in [5.74, 6) is -1.36. The van der Waals surface area contributed by atoms with Crippen LogP contribution in [0.4, 0.5) is 18.9 Å². The van der Waals surface area contributed by atoms with Crippen LogP contribution in [0.5, 0.6) is 0 Å². The minimum atomic E-state index is -4.57. The van der Waals surface area contributed by atoms with Crippen LogP contribution in [0.15, 0.2) is 48.5 Å². The van der Waals surface area contributed by atoms with E-state index in [1.165, 1.54) is 6.92 Å². The molecule has 0 saturated heterocycles. The first-order valence-electron chi connectivity index (χ1n) is 8.08. The van der Waals surface area contributed by atoms with E-state index in [1.807, 2.05) is 30.3 Å². The maximum Gasteiger partial charge on any atom is 0.416 e. The van der Waals surface area contributed by atoms with Crippen molar-refractivity contribution in [1.29, 1.82) is 0 Å². The molecule has 0 aliphatic heterocycles. The van der Waals surface area contributed by atoms with E-state index >= 15 is 0 Å². The van der Waals surface area contributed by atoms with Crippen LogP contribution in [0.25, 0.3) is 0 Å². The van der Waals surface area contributed by atoms with Crippen LogP contribution < -0.4 is 5.32 Å². The van der Waals surface area contributed by atoms with Crippen molar-refractivity contribution in [2.45, 2.75) is 32.0 Å². The van der Waals surface area contributed by atoms with Gasteiger partial charge in [-0.1, -0.05) is 41.9 Å². The summed E-state index contributed by atoms with van der Waals surface area (Å²) in [7, 11) is 0. The van der Waals surface area contributed by atoms with E-state index in [-0.39, 0.29) is 17.1 Å². The first kappa shape index (κ1) is 20.8. The molecule has 0 aliphatic rings. The molecule has 0 saturated carbocycles. The lowest BCUT2D eigenvalue weighted by Crippen LogP contribution is -2.30. The second kappa shape index (κ2) is 8.90. The van der Waals surface area contributed by atoms with Crippen LogP contribution in [0.2, 0.25) is 5.02 Å². The van der Waals surface area contributed by atoms with Crippen molar-refractivity contribution >= 4 is 29.2 Å². The highest BCUT2D eigenvalue weighted by Gasteiger charge is 2.31. The zero-order valence-corrected chi connectivity index (χ0v) is 15.1. The minimum absolute atomic E-state index is 0.0565. The van der Waals surface area contributed by atoms with Gasteiger partial charge in [-0.15, -0.1) is 0 Å². The Bertz CT molecular complexity index is 810. The molecule has 0 aliphatic carbocycles. The fraction of sp³-hybridized carbons (Fsp3) is 0.263. The number of esters is 1. The number of carbonyl (C=O) groups excluding carboxylic acids is 2. The lowest BCUT2D eigenvalue weighted by molar-refractivity contribution is -0.153. The molecule has 144 valence electrons. The van der Waals surface area contributed by atoms with Crippen LogP contribution in [0.1, 0.15) is 24.5 Å². The zero-order chi connectivity index (χ0) is 20.0. The normalized spacial score (nSPS) is 12.3. The number of benzene rings is 2. The van der Waals surface area contributed by atoms with Crippen LogP contribution in [0.3, 0.4) is 0 Å². The Labute approximate surface area is 159 Å². The van der Waals surface area contributed by atoms with Crippen LogP contribution >= 0.6 is 11.6 Å². The van der Waals surface area contributed by atoms with Crippen molar-refractivity contribution in [3.05, 3.63) is 64.7 Å². The van der Waals surface area contributed by atoms with Gasteiger partial charge in [0.15, 0.2) is 6.10 Å². The van der Waals surface area contributed by atoms with Crippen LogP contribution in [0, 0.1) is 0 Å². The number of rotatable bonds is 6. The molecule has 0 bridgehead atoms. The molecule has 2 rings (SSSR count). The number of hydrogen-bond acceptors (Lipinski definition) is 3. The third kappa shape index (κ3) is 6.29. The Morgan fingerprint density at radius 1 is 1.15 bits per heavy atom. The molecule has 0 radical (unpaired) electrons. The zero-order valence-electron chi connectivity index (χ0n) is 14.3. The standard InChI is InChI=1S/C19H17ClF3NO3/c1-12(27-17(25)10-7-13-5-3-2-4-6-13)18(26)24-16-11-14(19(21,22)23)8-9-15(16)20/h2-6,8-9,11-12H,7,10H2,1H3,(H,24,26)/t12-/m1/s1. The average molecular weight is 400 g/mol. The van der Waals surface area contributed by atoms with Crippen LogP contribution in [-0.4, -0.2) is 18.0 Å². The summed E-state index contributed by atoms with van der Waals surface area (Å²) in [4.78, 5) is 24.0. The number of carbonyl (C=O) groups is 2. The lowest BCUT2D eigenvalue weighted by Gasteiger charge is -2.15. The first-order chi connectivity index (χ1) is 12.7. The SMILES string of the molecule is C[C@@H](OC(=O)CCc1ccccc1)C(=O)Nc1cc(C(F)(F)F)ccc1Cl. The Kier molecular flexibility index (Phi) is 6.85. The van der Waals surface area contributed by atoms with Gasteiger partial charge in [0, 0.05) is 6.42 Å². The Morgan fingerprint density at radius 2 is 1.81 bits per heavy atom. The van der Waals surface area contributed by atoms with Gasteiger partial charge in [-0.2, -0.15) is 13.2 Å². The highest BCUT2D eigenvalue weighted by Crippen LogP contribution is 2.33. The molecular formula is C19H17ClF3NO3. The van der Waals surface area contributed by atoms with E-state index in [4.69, 9.17) is 16.3 Å². The third-order valence-electron chi connectivity index (χ3n) is 3.69. The maximum atomic E-state index is 12.8. The molecule has 1 atom stereocenters. The maximum absolute atomic E-state index is 12.8. The Morgan fingerprint density at radius 3 is 2.44 bits per heavy atom. The van der Waals surface area contributed by atoms with E-state index in [0.717, 1.165) is 23.8 Å². The summed E-state index contributed by atoms with van der Waals surface area (Å²) in [5, 5.41) is 2.20. The monoisotopic (exact) mass is 399 g/mol. The number of aryl methyl sites for hydroxylation is 1. The summed E-state index contributed by atoms with van der Waals surface area (Å²) >= 11 is 5.83. The topological polar surface area (TPSA) is 55.4 Å². The summed E-state index contributed by atoms with van der Waals surface area (Å²) < 4.78 is 43.3. The largest absolute Gasteiger partial charge is 0.453 e. The van der Waals surface area contributed by atoms with E-state index in [9.17, 15) is 22.8 Å². The van der Waals surface area contributed by atoms with E-state index in [2.05, 4.69) is 5.32 Å². The highest BCUT2D eigenvalue weighted by atomic mass is 35.5. The van der Waals surface area contributed by atoms with Crippen molar-refractivity contribution in [3.8, 4) is 0 Å². The second-order valence-electron chi connectivity index (χ2n) is 5.80. The number of nitrogens with one attached hydrogen (secondary N) is 1. The molecule has 8 heteroatoms. The predicted octanol–water partition coefficient (Wildman–Crippen LogP) is 4.86. The Balaban J connectivity index is 1.92. The molecule has 0 unspecified atom stereocenters. The first-order valence-corrected chi connectivity index (χ1v) is 8.45. The van der Waals surface area contributed by atoms with Gasteiger partial charge < -0.3 is 10.1 Å². The fourth-order valence-corrected chi connectivity index (χ4v) is 2.40. The quantitative estimate of drug-likeness (QED) is 0.705. The predicted molar refractivity (Wildman–Crippen MR) is 95.4 cm³/mol. The Hall–Kier alpha value is -2.54. The molecule has 4 nitrogen and oxygen atoms in total. The smallest absolute Gasteiger partial charge is 0.416 e. The van der Waals surface area contributed by atoms with Crippen molar-refractivity contribution in [2.75, 3.05) is 5.32 Å². The number of ether oxygens (including phenoxy) is 1. The van der Waals surface area contributed by atoms with Crippen LogP contribution in [-0.2, 0) is 26.9 Å². The third-order valence-corrected chi connectivity index (χ3v) is 4.02. The fourth-order valence-electron chi connectivity index (χ4n) is 2.23. The molecule has 0 aromatic heterocycles. The van der Waals surface area contributed by atoms with Crippen molar-refractivity contribution < 1.29 is 27.5 Å². The van der Waals surface area contributed by atoms with Gasteiger partial charge >= 0.3 is 12.1 Å². The summed E-state index contributed by atoms with van der Waals surface area (Å²) in [6.07, 6.45) is -5.22. The number of hydrogen-bond donors (Lipinski definition) is 1. The number of alkyl halides is 3. The molecule has 0 spiro atoms. The molecule has 1 amide bonds. The number of anilines is 1. The molecule has 0 heterocycles. The molecular weight excluding hydrogens is 383 g/mol. The van der Waals surface area contributed by atoms with E-state index in [1.54, 1.807) is 0 Å². The van der Waals surface area contributed by atoms with Gasteiger partial charge in [0.2, 0.25) is 0 Å². The number of halogens is 4. The van der Waals surface area contributed by atoms with Gasteiger partial charge in [-0.25, -0.2) is 0 Å². The minimum Gasteiger partial charge on any atom is -0.453 e. The molecule has 27 heavy (non-hydrogen) atoms. The van der Waals surface area contributed by atoms with Crippen molar-refractivity contribution in [2.24, 2.45) is 0 Å². The summed E-state index contributed by atoms with van der Waals surface area (Å²) in [6, 6.07) is 11.8. The summed E-state index contributed by atoms with van der Waals surface area (Å²) in [6.45, 7) is 1.33. The number of amides is 1. The van der Waals surface area contributed by atoms with E-state index < -0.39 is 29.7 Å². The highest BCUT2D eigenvalue weighted by molar-refractivity contribution is 6.33. The van der Waals surface area contributed by atoms with Gasteiger partial charge in [0.25, 0.3) is 5.91 Å². The van der Waals surface area contributed by atoms with Crippen molar-refractivity contribution in [1.82, 2.24) is 0 Å². The lowest BCUT2D eigenvalue weighted by atomic mass is 10.1. The average Bonchev–Trinajstić information content (AvgIpc) is 2.61. The molecule has 2 aromatic carbocycles. The van der Waals surface area contributed by atoms with Gasteiger partial charge in [-0.05, 0) is 37.1 Å². The molecule has 2 aromatic rings.